The molecule has 21 aliphatic rings. The van der Waals surface area contributed by atoms with Crippen molar-refractivity contribution in [2.75, 3.05) is 60.9 Å². The average molecular weight is 2730 g/mol. The fraction of sp³-hybridized carbons (Fsp3) is 0.382. The minimum atomic E-state index is 0. The molecule has 0 aromatic rings. The van der Waals surface area contributed by atoms with Gasteiger partial charge >= 0.3 is 380 Å². The summed E-state index contributed by atoms with van der Waals surface area (Å²) in [4.78, 5) is 5.84. The summed E-state index contributed by atoms with van der Waals surface area (Å²) < 4.78 is 83.1. The second-order valence-corrected chi connectivity index (χ2v) is 88.9. The van der Waals surface area contributed by atoms with Crippen LogP contribution in [0.15, 0.2) is 180 Å². The Morgan fingerprint density at radius 3 is 0.766 bits per heavy atom. The van der Waals surface area contributed by atoms with Gasteiger partial charge in [0.1, 0.15) is 26.4 Å². The van der Waals surface area contributed by atoms with Crippen molar-refractivity contribution in [3.63, 3.8) is 0 Å². The Balaban J connectivity index is 0.000000112. The smallest absolute Gasteiger partial charge is 0 e. The zero-order valence-electron chi connectivity index (χ0n) is 60.5. The normalized spacial score (nSPS) is 25.6. The van der Waals surface area contributed by atoms with Gasteiger partial charge in [0.15, 0.2) is 0 Å². The van der Waals surface area contributed by atoms with Gasteiger partial charge < -0.3 is 18.9 Å². The maximum absolute atomic E-state index is 5.58. The van der Waals surface area contributed by atoms with Gasteiger partial charge in [0.25, 0.3) is 0 Å². The summed E-state index contributed by atoms with van der Waals surface area (Å²) in [7, 11) is 0. The molecule has 19 aliphatic heterocycles. The molecule has 0 aromatic heterocycles. The number of ether oxygens (including phenoxy) is 4. The van der Waals surface area contributed by atoms with Crippen molar-refractivity contribution in [2.24, 2.45) is 0 Å². The van der Waals surface area contributed by atoms with Gasteiger partial charge in [0.05, 0.1) is 50.8 Å². The Morgan fingerprint density at radius 1 is 0.280 bits per heavy atom. The first-order valence-electron chi connectivity index (χ1n) is 33.8. The molecule has 0 spiro atoms. The van der Waals surface area contributed by atoms with Crippen molar-refractivity contribution in [2.45, 2.75) is 108 Å². The maximum atomic E-state index is 5.58. The van der Waals surface area contributed by atoms with E-state index in [1.54, 1.807) is 107 Å². The second kappa shape index (κ2) is 45.2. The van der Waals surface area contributed by atoms with E-state index in [4.69, 9.17) is 21.9 Å². The van der Waals surface area contributed by atoms with E-state index in [0.29, 0.717) is 56.3 Å². The third-order valence-corrected chi connectivity index (χ3v) is 99.3. The molecular weight excluding hydrogens is 2650 g/mol. The predicted molar refractivity (Wildman–Crippen MR) is 534 cm³/mol. The van der Waals surface area contributed by atoms with Crippen LogP contribution in [0.25, 0.3) is 0 Å². The molecule has 19 heterocycles. The van der Waals surface area contributed by atoms with Crippen LogP contribution in [-0.4, -0.2) is 234 Å². The predicted octanol–water partition coefficient (Wildman–Crippen LogP) is 26.8. The van der Waals surface area contributed by atoms with Gasteiger partial charge in [-0.15, -0.1) is 47.0 Å². The Kier molecular flexibility index (Phi) is 38.1. The van der Waals surface area contributed by atoms with Crippen LogP contribution in [0.3, 0.4) is 0 Å². The monoisotopic (exact) mass is 2740 g/mol. The number of thioether (sulfide) groups is 24. The molecule has 0 amide bonds. The van der Waals surface area contributed by atoms with Gasteiger partial charge in [0, 0.05) is 26.0 Å². The number of halogens is 1. The Hall–Kier alpha value is 8.35. The average Bonchev–Trinajstić information content (AvgIpc) is 1.67. The zero-order valence-corrected chi connectivity index (χ0v) is 97.7. The Morgan fingerprint density at radius 2 is 0.505 bits per heavy atom. The number of rotatable bonds is 0. The molecule has 0 radical (unpaired) electrons. The summed E-state index contributed by atoms with van der Waals surface area (Å²) in [6.45, 7) is 25.4. The number of hydrogen-bond acceptors (Lipinski definition) is 28. The summed E-state index contributed by atoms with van der Waals surface area (Å²) in [5.74, 6) is 7.71. The van der Waals surface area contributed by atoms with Crippen LogP contribution in [0.5, 0.6) is 0 Å². The Labute approximate surface area is 815 Å². The van der Waals surface area contributed by atoms with Crippen molar-refractivity contribution in [1.29, 1.82) is 0 Å². The van der Waals surface area contributed by atoms with E-state index in [-0.39, 0.29) is 88.4 Å². The summed E-state index contributed by atoms with van der Waals surface area (Å²) in [5.41, 5.74) is 0. The van der Waals surface area contributed by atoms with Gasteiger partial charge in [0.2, 0.25) is 20.4 Å². The topological polar surface area (TPSA) is 36.9 Å². The zero-order chi connectivity index (χ0) is 75.0. The van der Waals surface area contributed by atoms with E-state index in [0.717, 1.165) is 80.2 Å². The SMILES string of the molecule is C1=CSC(=C2SC=CS2)S1.C1CC2=C(C1)[Te]C(=C1[Te]C3=C(CCC3)[Te]1)[Te]2.C1COC2=C(O1)SC(=C1SC3=C(OCCO3)S1)S2.C1CSC2=C(S1)SC(=C1SC3=C(SCCS3)S1)S2.CC1=C(C)SC(=C2SC(C)=C(C)S2)S1.CC1=C(C)[Se]C(=C2SC3=C(SCCS3)S2)[Se]1.CC1=C(C)[Se]C(=C2[Se]C(C)=C(C)[Se]2)[Se]1.F.[3H][3H]. The van der Waals surface area contributed by atoms with Gasteiger partial charge in [-0.05, 0) is 116 Å². The van der Waals surface area contributed by atoms with Crippen molar-refractivity contribution < 1.29 is 26.6 Å². The quantitative estimate of drug-likeness (QED) is 0.216. The standard InChI is InChI=1S/C12H12Te4.C10H8O4S4.C10H8S8.C10H10S4Se2.C10H12S4.C10H12Se4.C6H4S4.FH.H2/c1-3-7-8(4-1)14-11(13-7)12-15-9-5-2-6-10(9)16-12;2*1-2-12-6-5(11-1)15-9(16-6)10-17-7-8(18-10)14-4-3-13-7;1-5-6(2)16-10(15-5)9-13-7-8(14-9)12-4-3-11-7;2*1-5-6(2)12-9(11-5)10-13-7(3)8(4)14-10;1-2-8-5(7-1)6-9-3-4-10-6;;/h1-6H2;2*1-4H2;3-4H2,1-2H3;2*1-4H3;1-4H;2*1H/i;;;;;;;;1+2T. The Bertz CT molecular complexity index is 3810. The summed E-state index contributed by atoms with van der Waals surface area (Å²) in [6, 6.07) is 0. The minimum absolute atomic E-state index is 0. The molecule has 39 heteroatoms. The molecule has 0 fully saturated rings. The van der Waals surface area contributed by atoms with Crippen LogP contribution in [0.1, 0.15) is 111 Å². The van der Waals surface area contributed by atoms with E-state index in [1.807, 2.05) is 195 Å². The summed E-state index contributed by atoms with van der Waals surface area (Å²) >= 11 is 51.4. The fourth-order valence-electron chi connectivity index (χ4n) is 9.71. The van der Waals surface area contributed by atoms with E-state index >= 15 is 0 Å². The third kappa shape index (κ3) is 24.8. The van der Waals surface area contributed by atoms with Crippen LogP contribution in [-0.2, 0) is 18.9 Å². The third-order valence-electron chi connectivity index (χ3n) is 15.5. The first kappa shape index (κ1) is 90.1. The second-order valence-electron chi connectivity index (χ2n) is 22.8. The van der Waals surface area contributed by atoms with Crippen LogP contribution in [0, 0.1) is 0 Å². The summed E-state index contributed by atoms with van der Waals surface area (Å²) in [6.07, 6.45) is 9.21. The first-order valence-corrected chi connectivity index (χ1v) is 73.3. The molecule has 0 bridgehead atoms. The van der Waals surface area contributed by atoms with E-state index in [9.17, 15) is 0 Å². The van der Waals surface area contributed by atoms with Gasteiger partial charge in [-0.25, -0.2) is 0 Å². The summed E-state index contributed by atoms with van der Waals surface area (Å²) in [5, 5.41) is 12.1. The van der Waals surface area contributed by atoms with Crippen molar-refractivity contribution in [1.82, 2.24) is 0 Å². The first-order chi connectivity index (χ1) is 52.6. The largest absolute Gasteiger partial charge is 0.269 e. The van der Waals surface area contributed by atoms with Crippen molar-refractivity contribution in [3.05, 3.63) is 180 Å². The van der Waals surface area contributed by atoms with Crippen LogP contribution >= 0.6 is 282 Å². The maximum Gasteiger partial charge on any atom is 0 e. The molecule has 4 nitrogen and oxygen atoms in total. The fourth-order valence-corrected chi connectivity index (χ4v) is 94.1. The molecular formula is C68H69FO4S24Se6Te4. The van der Waals surface area contributed by atoms with Gasteiger partial charge in [-0.3, -0.25) is 4.70 Å². The van der Waals surface area contributed by atoms with Crippen molar-refractivity contribution >= 4 is 456 Å². The molecule has 2 aliphatic carbocycles. The van der Waals surface area contributed by atoms with Crippen LogP contribution < -0.4 is 0 Å². The van der Waals surface area contributed by atoms with E-state index in [1.165, 1.54) is 127 Å². The van der Waals surface area contributed by atoms with E-state index < -0.39 is 0 Å². The van der Waals surface area contributed by atoms with Crippen LogP contribution in [0.2, 0.25) is 0 Å². The molecule has 576 valence electrons. The van der Waals surface area contributed by atoms with E-state index in [2.05, 4.69) is 156 Å². The molecule has 0 aromatic carbocycles. The molecule has 0 unspecified atom stereocenters. The van der Waals surface area contributed by atoms with Crippen LogP contribution in [0.4, 0.5) is 4.70 Å². The van der Waals surface area contributed by atoms with Gasteiger partial charge in [-0.2, -0.15) is 0 Å². The molecule has 107 heavy (non-hydrogen) atoms. The molecule has 0 saturated carbocycles. The molecule has 0 atom stereocenters. The minimum Gasteiger partial charge on any atom is -0.269 e. The van der Waals surface area contributed by atoms with Crippen molar-refractivity contribution in [3.8, 4) is 0 Å². The molecule has 0 saturated heterocycles. The van der Waals surface area contributed by atoms with Gasteiger partial charge in [-0.1, -0.05) is 141 Å². The molecule has 21 rings (SSSR count). The number of hydrogen-bond donors (Lipinski definition) is 0. The number of allylic oxidation sites excluding steroid dienone is 14. The molecule has 0 N–H and O–H groups in total.